The summed E-state index contributed by atoms with van der Waals surface area (Å²) >= 11 is 0. The van der Waals surface area contributed by atoms with Crippen LogP contribution in [0.25, 0.3) is 0 Å². The minimum Gasteiger partial charge on any atom is -0.380 e. The van der Waals surface area contributed by atoms with Gasteiger partial charge in [-0.1, -0.05) is 30.9 Å². The zero-order chi connectivity index (χ0) is 14.4. The molecule has 0 radical (unpaired) electrons. The molecule has 0 saturated heterocycles. The van der Waals surface area contributed by atoms with Crippen molar-refractivity contribution in [1.29, 1.82) is 0 Å². The van der Waals surface area contributed by atoms with Crippen LogP contribution in [-0.4, -0.2) is 28.2 Å². The number of hydrogen-bond donors (Lipinski definition) is 2. The Morgan fingerprint density at radius 1 is 1.45 bits per heavy atom. The molecule has 4 nitrogen and oxygen atoms in total. The van der Waals surface area contributed by atoms with Crippen LogP contribution in [-0.2, 0) is 12.8 Å². The summed E-state index contributed by atoms with van der Waals surface area (Å²) in [6.45, 7) is 7.40. The van der Waals surface area contributed by atoms with Crippen LogP contribution in [0, 0.1) is 0 Å². The van der Waals surface area contributed by atoms with E-state index in [9.17, 15) is 5.11 Å². The van der Waals surface area contributed by atoms with Gasteiger partial charge in [0, 0.05) is 24.9 Å². The van der Waals surface area contributed by atoms with Gasteiger partial charge < -0.3 is 10.4 Å². The van der Waals surface area contributed by atoms with E-state index in [1.165, 1.54) is 5.56 Å². The van der Waals surface area contributed by atoms with E-state index in [-0.39, 0.29) is 0 Å². The Labute approximate surface area is 120 Å². The molecule has 0 aliphatic carbocycles. The second-order valence-corrected chi connectivity index (χ2v) is 4.74. The van der Waals surface area contributed by atoms with Gasteiger partial charge >= 0.3 is 0 Å². The van der Waals surface area contributed by atoms with Crippen molar-refractivity contribution in [3.63, 3.8) is 0 Å². The number of aliphatic hydroxyl groups is 1. The predicted molar refractivity (Wildman–Crippen MR) is 80.4 cm³/mol. The molecular weight excluding hydrogens is 250 g/mol. The number of fused-ring (bicyclic) bond motifs is 1. The van der Waals surface area contributed by atoms with Gasteiger partial charge in [0.2, 0.25) is 0 Å². The summed E-state index contributed by atoms with van der Waals surface area (Å²) in [5.74, 6) is 0.465. The molecule has 2 heterocycles. The summed E-state index contributed by atoms with van der Waals surface area (Å²) in [4.78, 5) is 8.87. The number of nitrogens with zero attached hydrogens (tertiary/aromatic N) is 2. The Hall–Kier alpha value is -1.78. The quantitative estimate of drug-likeness (QED) is 0.821. The smallest absolute Gasteiger partial charge is 0.161 e. The first-order chi connectivity index (χ1) is 9.76. The predicted octanol–water partition coefficient (Wildman–Crippen LogP) is 1.89. The molecule has 0 saturated carbocycles. The zero-order valence-electron chi connectivity index (χ0n) is 11.8. The van der Waals surface area contributed by atoms with Crippen molar-refractivity contribution >= 4 is 0 Å². The van der Waals surface area contributed by atoms with Crippen LogP contribution in [0.4, 0.5) is 0 Å². The van der Waals surface area contributed by atoms with Gasteiger partial charge in [-0.25, -0.2) is 9.97 Å². The van der Waals surface area contributed by atoms with Crippen LogP contribution in [0.2, 0.25) is 0 Å². The summed E-state index contributed by atoms with van der Waals surface area (Å²) in [7, 11) is 0. The van der Waals surface area contributed by atoms with Crippen LogP contribution in [0.1, 0.15) is 30.1 Å². The van der Waals surface area contributed by atoms with Crippen molar-refractivity contribution in [2.24, 2.45) is 0 Å². The minimum absolute atomic E-state index is 0.465. The Morgan fingerprint density at radius 3 is 3.00 bits per heavy atom. The molecule has 1 aliphatic heterocycles. The van der Waals surface area contributed by atoms with Crippen molar-refractivity contribution in [2.45, 2.75) is 25.9 Å². The Morgan fingerprint density at radius 2 is 2.25 bits per heavy atom. The maximum atomic E-state index is 10.4. The average molecular weight is 271 g/mol. The third-order valence-corrected chi connectivity index (χ3v) is 3.40. The molecule has 1 aromatic rings. The number of hydrogen-bond acceptors (Lipinski definition) is 4. The van der Waals surface area contributed by atoms with Crippen molar-refractivity contribution in [1.82, 2.24) is 15.3 Å². The van der Waals surface area contributed by atoms with Gasteiger partial charge in [0.15, 0.2) is 5.82 Å². The molecule has 4 heteroatoms. The lowest BCUT2D eigenvalue weighted by atomic mass is 10.1. The molecule has 2 rings (SSSR count). The van der Waals surface area contributed by atoms with E-state index >= 15 is 0 Å². The first-order valence-corrected chi connectivity index (χ1v) is 6.95. The lowest BCUT2D eigenvalue weighted by Crippen LogP contribution is -2.16. The number of nitrogens with one attached hydrogen (secondary N) is 1. The molecule has 2 N–H and O–H groups in total. The van der Waals surface area contributed by atoms with Crippen molar-refractivity contribution < 1.29 is 5.11 Å². The van der Waals surface area contributed by atoms with E-state index in [1.54, 1.807) is 12.2 Å². The minimum atomic E-state index is -0.794. The summed E-state index contributed by atoms with van der Waals surface area (Å²) < 4.78 is 0. The van der Waals surface area contributed by atoms with Crippen molar-refractivity contribution in [3.8, 4) is 0 Å². The molecule has 106 valence electrons. The van der Waals surface area contributed by atoms with E-state index < -0.39 is 6.10 Å². The monoisotopic (exact) mass is 271 g/mol. The van der Waals surface area contributed by atoms with Crippen LogP contribution in [0.5, 0.6) is 0 Å². The van der Waals surface area contributed by atoms with E-state index in [1.807, 2.05) is 25.3 Å². The normalized spacial score (nSPS) is 17.6. The van der Waals surface area contributed by atoms with E-state index in [0.717, 1.165) is 37.2 Å². The molecule has 0 fully saturated rings. The molecule has 0 spiro atoms. The Kier molecular flexibility index (Phi) is 5.21. The molecule has 0 aromatic carbocycles. The molecule has 0 bridgehead atoms. The van der Waals surface area contributed by atoms with Crippen LogP contribution in [0.15, 0.2) is 42.7 Å². The summed E-state index contributed by atoms with van der Waals surface area (Å²) in [6, 6.07) is 0. The summed E-state index contributed by atoms with van der Waals surface area (Å²) in [6.07, 6.45) is 10.0. The largest absolute Gasteiger partial charge is 0.380 e. The van der Waals surface area contributed by atoms with Gasteiger partial charge in [-0.05, 0) is 31.0 Å². The SMILES string of the molecule is C=C/C=C\C(=C/C)C(O)c1ncc2c(n1)CCNCC2. The number of rotatable bonds is 4. The van der Waals surface area contributed by atoms with Crippen molar-refractivity contribution in [2.75, 3.05) is 13.1 Å². The van der Waals surface area contributed by atoms with Gasteiger partial charge in [0.1, 0.15) is 6.10 Å². The fraction of sp³-hybridized carbons (Fsp3) is 0.375. The van der Waals surface area contributed by atoms with Crippen LogP contribution < -0.4 is 5.32 Å². The van der Waals surface area contributed by atoms with Gasteiger partial charge in [0.25, 0.3) is 0 Å². The average Bonchev–Trinajstić information content (AvgIpc) is 2.72. The number of aliphatic hydroxyl groups excluding tert-OH is 1. The topological polar surface area (TPSA) is 58.0 Å². The third-order valence-electron chi connectivity index (χ3n) is 3.40. The highest BCUT2D eigenvalue weighted by Gasteiger charge is 2.17. The fourth-order valence-corrected chi connectivity index (χ4v) is 2.24. The molecule has 1 unspecified atom stereocenters. The maximum absolute atomic E-state index is 10.4. The van der Waals surface area contributed by atoms with Crippen LogP contribution >= 0.6 is 0 Å². The van der Waals surface area contributed by atoms with Gasteiger partial charge in [-0.15, -0.1) is 0 Å². The van der Waals surface area contributed by atoms with Crippen molar-refractivity contribution in [3.05, 3.63) is 59.7 Å². The van der Waals surface area contributed by atoms with E-state index in [4.69, 9.17) is 0 Å². The van der Waals surface area contributed by atoms with Gasteiger partial charge in [-0.2, -0.15) is 0 Å². The third kappa shape index (κ3) is 3.40. The zero-order valence-corrected chi connectivity index (χ0v) is 11.8. The molecule has 1 atom stereocenters. The van der Waals surface area contributed by atoms with E-state index in [0.29, 0.717) is 5.82 Å². The number of allylic oxidation sites excluding steroid dienone is 3. The second-order valence-electron chi connectivity index (χ2n) is 4.74. The first-order valence-electron chi connectivity index (χ1n) is 6.95. The first kappa shape index (κ1) is 14.6. The molecule has 0 amide bonds. The standard InChI is InChI=1S/C16H21N3O/c1-3-5-6-12(4-2)15(20)16-18-11-13-7-9-17-10-8-14(13)19-16/h3-6,11,15,17,20H,1,7-10H2,2H3/b6-5-,12-4+. The Balaban J connectivity index is 2.26. The lowest BCUT2D eigenvalue weighted by molar-refractivity contribution is 0.208. The molecular formula is C16H21N3O. The highest BCUT2D eigenvalue weighted by atomic mass is 16.3. The molecule has 1 aromatic heterocycles. The van der Waals surface area contributed by atoms with Gasteiger partial charge in [-0.3, -0.25) is 0 Å². The molecule has 1 aliphatic rings. The Bertz CT molecular complexity index is 535. The highest BCUT2D eigenvalue weighted by molar-refractivity contribution is 5.29. The summed E-state index contributed by atoms with van der Waals surface area (Å²) in [5.41, 5.74) is 2.99. The number of aromatic nitrogens is 2. The lowest BCUT2D eigenvalue weighted by Gasteiger charge is -2.13. The maximum Gasteiger partial charge on any atom is 0.161 e. The second kappa shape index (κ2) is 7.12. The fourth-order valence-electron chi connectivity index (χ4n) is 2.24. The van der Waals surface area contributed by atoms with Crippen LogP contribution in [0.3, 0.4) is 0 Å². The molecule has 20 heavy (non-hydrogen) atoms. The summed E-state index contributed by atoms with van der Waals surface area (Å²) in [5, 5.41) is 13.7. The highest BCUT2D eigenvalue weighted by Crippen LogP contribution is 2.21. The van der Waals surface area contributed by atoms with Gasteiger partial charge in [0.05, 0.1) is 0 Å². The van der Waals surface area contributed by atoms with E-state index in [2.05, 4.69) is 21.9 Å².